The van der Waals surface area contributed by atoms with E-state index in [-0.39, 0.29) is 0 Å². The first-order valence-corrected chi connectivity index (χ1v) is 19.7. The highest BCUT2D eigenvalue weighted by molar-refractivity contribution is 6.22. The maximum Gasteiger partial charge on any atom is 0.157 e. The molecule has 274 valence electrons. The van der Waals surface area contributed by atoms with E-state index in [1.165, 1.54) is 59.9 Å². The standard InChI is InChI=1S/C53H37N5/c54-52(37-14-3-1-4-15-37)56-53(38-16-5-2-6-17-38)55-34-35-26-28-36(29-27-35)39-18-13-19-41(32-39)57-47-24-11-10-23-45(47)46-31-30-40-33-49-44-22-8-7-20-42(44)43-21-9-12-25-48(43)58(49)50(40)51(46)57/h1-33H,34H2,(H2,54,55,56). The van der Waals surface area contributed by atoms with Gasteiger partial charge >= 0.3 is 0 Å². The molecule has 8 aromatic carbocycles. The van der Waals surface area contributed by atoms with Gasteiger partial charge in [0.05, 0.1) is 34.1 Å². The molecule has 0 aliphatic heterocycles. The maximum absolute atomic E-state index is 6.45. The number of nitrogens with zero attached hydrogens (tertiary/aromatic N) is 4. The number of fused-ring (bicyclic) bond motifs is 12. The summed E-state index contributed by atoms with van der Waals surface area (Å²) in [5.41, 5.74) is 18.8. The molecule has 0 radical (unpaired) electrons. The van der Waals surface area contributed by atoms with Gasteiger partial charge in [-0.3, -0.25) is 4.99 Å². The number of benzene rings is 8. The molecule has 11 rings (SSSR count). The fraction of sp³-hybridized carbons (Fsp3) is 0.0189. The van der Waals surface area contributed by atoms with Gasteiger partial charge in [-0.25, -0.2) is 4.99 Å². The van der Waals surface area contributed by atoms with Gasteiger partial charge in [0.15, 0.2) is 5.84 Å². The van der Waals surface area contributed by atoms with Crippen LogP contribution < -0.4 is 5.73 Å². The van der Waals surface area contributed by atoms with Gasteiger partial charge in [0.2, 0.25) is 0 Å². The molecule has 5 nitrogen and oxygen atoms in total. The second kappa shape index (κ2) is 13.8. The summed E-state index contributed by atoms with van der Waals surface area (Å²) in [4.78, 5) is 9.73. The van der Waals surface area contributed by atoms with Crippen LogP contribution in [0.5, 0.6) is 0 Å². The van der Waals surface area contributed by atoms with Crippen molar-refractivity contribution in [1.82, 2.24) is 8.97 Å². The second-order valence-corrected chi connectivity index (χ2v) is 14.8. The minimum absolute atomic E-state index is 0.439. The maximum atomic E-state index is 6.45. The minimum Gasteiger partial charge on any atom is -0.383 e. The molecule has 58 heavy (non-hydrogen) atoms. The second-order valence-electron chi connectivity index (χ2n) is 14.8. The van der Waals surface area contributed by atoms with Crippen LogP contribution in [0.1, 0.15) is 16.7 Å². The lowest BCUT2D eigenvalue weighted by Gasteiger charge is -2.13. The largest absolute Gasteiger partial charge is 0.383 e. The van der Waals surface area contributed by atoms with Gasteiger partial charge in [-0.15, -0.1) is 0 Å². The molecule has 2 N–H and O–H groups in total. The molecule has 0 amide bonds. The Morgan fingerprint density at radius 3 is 1.81 bits per heavy atom. The average molecular weight is 744 g/mol. The molecule has 0 aliphatic rings. The predicted molar refractivity (Wildman–Crippen MR) is 244 cm³/mol. The molecule has 11 aromatic rings. The molecule has 5 heteroatoms. The van der Waals surface area contributed by atoms with Crippen molar-refractivity contribution >= 4 is 71.6 Å². The van der Waals surface area contributed by atoms with E-state index in [9.17, 15) is 0 Å². The quantitative estimate of drug-likeness (QED) is 0.103. The smallest absolute Gasteiger partial charge is 0.157 e. The number of para-hydroxylation sites is 2. The molecule has 3 aromatic heterocycles. The first kappa shape index (κ1) is 33.6. The van der Waals surface area contributed by atoms with Gasteiger partial charge in [-0.05, 0) is 52.4 Å². The molecule has 3 heterocycles. The Morgan fingerprint density at radius 2 is 1.07 bits per heavy atom. The summed E-state index contributed by atoms with van der Waals surface area (Å²) in [7, 11) is 0. The molecule has 0 saturated carbocycles. The zero-order valence-corrected chi connectivity index (χ0v) is 31.6. The zero-order chi connectivity index (χ0) is 38.6. The van der Waals surface area contributed by atoms with Crippen LogP contribution in [0.4, 0.5) is 0 Å². The van der Waals surface area contributed by atoms with Crippen LogP contribution in [0, 0.1) is 0 Å². The number of hydrogen-bond acceptors (Lipinski definition) is 1. The molecule has 0 spiro atoms. The summed E-state index contributed by atoms with van der Waals surface area (Å²) in [5.74, 6) is 1.05. The van der Waals surface area contributed by atoms with Crippen molar-refractivity contribution in [3.8, 4) is 16.8 Å². The van der Waals surface area contributed by atoms with E-state index in [0.29, 0.717) is 18.2 Å². The van der Waals surface area contributed by atoms with E-state index in [2.05, 4.69) is 148 Å². The Labute approximate surface area is 335 Å². The first-order chi connectivity index (χ1) is 28.7. The summed E-state index contributed by atoms with van der Waals surface area (Å²) in [6.45, 7) is 0.475. The molecule has 0 bridgehead atoms. The lowest BCUT2D eigenvalue weighted by molar-refractivity contribution is 1.06. The van der Waals surface area contributed by atoms with E-state index in [4.69, 9.17) is 15.7 Å². The van der Waals surface area contributed by atoms with Crippen molar-refractivity contribution in [2.45, 2.75) is 6.54 Å². The number of aromatic nitrogens is 2. The monoisotopic (exact) mass is 743 g/mol. The Kier molecular flexibility index (Phi) is 7.97. The third-order valence-corrected chi connectivity index (χ3v) is 11.4. The van der Waals surface area contributed by atoms with Crippen molar-refractivity contribution < 1.29 is 0 Å². The number of amidine groups is 2. The van der Waals surface area contributed by atoms with E-state index < -0.39 is 0 Å². The molecule has 0 atom stereocenters. The van der Waals surface area contributed by atoms with E-state index in [1.807, 2.05) is 60.7 Å². The van der Waals surface area contributed by atoms with Crippen LogP contribution in [0.25, 0.3) is 76.7 Å². The van der Waals surface area contributed by atoms with Crippen LogP contribution in [-0.4, -0.2) is 20.6 Å². The van der Waals surface area contributed by atoms with Crippen molar-refractivity contribution in [2.75, 3.05) is 0 Å². The molecule has 0 saturated heterocycles. The van der Waals surface area contributed by atoms with Crippen molar-refractivity contribution in [1.29, 1.82) is 0 Å². The van der Waals surface area contributed by atoms with E-state index in [0.717, 1.165) is 33.5 Å². The summed E-state index contributed by atoms with van der Waals surface area (Å²) < 4.78 is 4.95. The van der Waals surface area contributed by atoms with Crippen molar-refractivity contribution in [2.24, 2.45) is 15.7 Å². The first-order valence-electron chi connectivity index (χ1n) is 19.7. The van der Waals surface area contributed by atoms with Gasteiger partial charge in [-0.2, -0.15) is 0 Å². The van der Waals surface area contributed by atoms with Gasteiger partial charge in [0, 0.05) is 43.7 Å². The number of nitrogens with two attached hydrogens (primary N) is 1. The molecular weight excluding hydrogens is 707 g/mol. The molecule has 0 unspecified atom stereocenters. The third kappa shape index (κ3) is 5.55. The van der Waals surface area contributed by atoms with Crippen LogP contribution >= 0.6 is 0 Å². The summed E-state index contributed by atoms with van der Waals surface area (Å²) in [6, 6.07) is 70.7. The molecular formula is C53H37N5. The van der Waals surface area contributed by atoms with Crippen LogP contribution in [0.2, 0.25) is 0 Å². The number of rotatable bonds is 6. The minimum atomic E-state index is 0.439. The highest BCUT2D eigenvalue weighted by atomic mass is 15.0. The highest BCUT2D eigenvalue weighted by Crippen LogP contribution is 2.41. The van der Waals surface area contributed by atoms with Crippen LogP contribution in [0.15, 0.2) is 210 Å². The fourth-order valence-corrected chi connectivity index (χ4v) is 8.65. The number of aliphatic imine (C=N–C) groups is 2. The lowest BCUT2D eigenvalue weighted by atomic mass is 10.0. The summed E-state index contributed by atoms with van der Waals surface area (Å²) in [6.07, 6.45) is 0. The Morgan fingerprint density at radius 1 is 0.448 bits per heavy atom. The van der Waals surface area contributed by atoms with Crippen LogP contribution in [0.3, 0.4) is 0 Å². The van der Waals surface area contributed by atoms with E-state index >= 15 is 0 Å². The van der Waals surface area contributed by atoms with Gasteiger partial charge in [0.25, 0.3) is 0 Å². The van der Waals surface area contributed by atoms with E-state index in [1.54, 1.807) is 0 Å². The zero-order valence-electron chi connectivity index (χ0n) is 31.6. The SMILES string of the molecule is NC(=NC(=NCc1ccc(-c2cccc(-n3c4ccccc4c4ccc5cc6c7ccccc7c7ccccc7n6c5c43)c2)cc1)c1ccccc1)c1ccccc1. The highest BCUT2D eigenvalue weighted by Gasteiger charge is 2.20. The summed E-state index contributed by atoms with van der Waals surface area (Å²) >= 11 is 0. The molecule has 0 fully saturated rings. The molecule has 0 aliphatic carbocycles. The lowest BCUT2D eigenvalue weighted by Crippen LogP contribution is -2.16. The number of hydrogen-bond donors (Lipinski definition) is 1. The topological polar surface area (TPSA) is 60.1 Å². The normalized spacial score (nSPS) is 12.5. The predicted octanol–water partition coefficient (Wildman–Crippen LogP) is 12.5. The van der Waals surface area contributed by atoms with Gasteiger partial charge in [0.1, 0.15) is 5.84 Å². The fourth-order valence-electron chi connectivity index (χ4n) is 8.65. The Hall–Kier alpha value is -7.76. The Bertz CT molecular complexity index is 3410. The Balaban J connectivity index is 1.02. The summed E-state index contributed by atoms with van der Waals surface area (Å²) in [5, 5.41) is 7.47. The van der Waals surface area contributed by atoms with Gasteiger partial charge in [-0.1, -0.05) is 170 Å². The van der Waals surface area contributed by atoms with Crippen LogP contribution in [-0.2, 0) is 6.54 Å². The van der Waals surface area contributed by atoms with Crippen molar-refractivity contribution in [3.05, 3.63) is 217 Å². The number of pyridine rings is 1. The third-order valence-electron chi connectivity index (χ3n) is 11.4. The average Bonchev–Trinajstić information content (AvgIpc) is 3.85. The van der Waals surface area contributed by atoms with Crippen molar-refractivity contribution in [3.63, 3.8) is 0 Å². The van der Waals surface area contributed by atoms with Gasteiger partial charge < -0.3 is 14.7 Å².